The molecule has 0 aliphatic carbocycles. The lowest BCUT2D eigenvalue weighted by molar-refractivity contribution is -0.910. The summed E-state index contributed by atoms with van der Waals surface area (Å²) in [7, 11) is 2.26. The maximum absolute atomic E-state index is 5.48. The Bertz CT molecular complexity index is 209. The predicted octanol–water partition coefficient (Wildman–Crippen LogP) is -0.373. The Morgan fingerprint density at radius 1 is 1.00 bits per heavy atom. The summed E-state index contributed by atoms with van der Waals surface area (Å²) < 4.78 is 12.0. The minimum Gasteiger partial charge on any atom is -1.00 e. The first-order chi connectivity index (χ1) is 8.68. The van der Waals surface area contributed by atoms with Crippen molar-refractivity contribution in [2.45, 2.75) is 6.42 Å². The molecule has 0 saturated heterocycles. The Balaban J connectivity index is 0. The number of hydrogen-bond donors (Lipinski definition) is 0. The van der Waals surface area contributed by atoms with Crippen LogP contribution < -0.4 is 17.0 Å². The Morgan fingerprint density at radius 2 is 1.47 bits per heavy atom. The molecule has 0 aliphatic heterocycles. The van der Waals surface area contributed by atoms with Crippen molar-refractivity contribution in [3.63, 3.8) is 0 Å². The Kier molecular flexibility index (Phi) is 16.8. The van der Waals surface area contributed by atoms with Crippen LogP contribution in [0.2, 0.25) is 0 Å². The first-order valence-electron chi connectivity index (χ1n) is 6.45. The minimum absolute atomic E-state index is 0. The van der Waals surface area contributed by atoms with Crippen LogP contribution in [0.1, 0.15) is 6.42 Å². The third-order valence-corrected chi connectivity index (χ3v) is 3.41. The molecule has 3 nitrogen and oxygen atoms in total. The van der Waals surface area contributed by atoms with Crippen molar-refractivity contribution in [1.82, 2.24) is 0 Å². The summed E-state index contributed by atoms with van der Waals surface area (Å²) >= 11 is 3.49. The Labute approximate surface area is 137 Å². The van der Waals surface area contributed by atoms with Gasteiger partial charge < -0.3 is 30.9 Å². The second kappa shape index (κ2) is 14.7. The molecule has 0 aromatic carbocycles. The molecule has 0 radical (unpaired) electrons. The topological polar surface area (TPSA) is 18.5 Å². The molecule has 5 heteroatoms. The summed E-state index contributed by atoms with van der Waals surface area (Å²) in [6.07, 6.45) is 4.74. The number of nitrogens with zero attached hydrogens (tertiary/aromatic N) is 1. The van der Waals surface area contributed by atoms with Crippen LogP contribution in [0.15, 0.2) is 25.3 Å². The first-order valence-corrected chi connectivity index (χ1v) is 7.57. The van der Waals surface area contributed by atoms with E-state index >= 15 is 0 Å². The Morgan fingerprint density at radius 3 is 1.84 bits per heavy atom. The van der Waals surface area contributed by atoms with Crippen LogP contribution in [0.3, 0.4) is 0 Å². The molecule has 0 aromatic heterocycles. The lowest BCUT2D eigenvalue weighted by atomic mass is 10.3. The fraction of sp³-hybridized carbons (Fsp3) is 0.714. The normalized spacial score (nSPS) is 10.8. The molecule has 0 rings (SSSR count). The molecule has 0 heterocycles. The van der Waals surface area contributed by atoms with E-state index in [4.69, 9.17) is 9.47 Å². The molecule has 0 bridgehead atoms. The van der Waals surface area contributed by atoms with Gasteiger partial charge in [-0.1, -0.05) is 28.1 Å². The zero-order valence-electron chi connectivity index (χ0n) is 12.0. The third-order valence-electron chi connectivity index (χ3n) is 2.85. The van der Waals surface area contributed by atoms with Gasteiger partial charge in [0.15, 0.2) is 0 Å². The lowest BCUT2D eigenvalue weighted by Gasteiger charge is -2.34. The lowest BCUT2D eigenvalue weighted by Crippen LogP contribution is -3.00. The predicted molar refractivity (Wildman–Crippen MR) is 81.2 cm³/mol. The van der Waals surface area contributed by atoms with Crippen LogP contribution in [0.25, 0.3) is 0 Å². The quantitative estimate of drug-likeness (QED) is 0.182. The highest BCUT2D eigenvalue weighted by atomic mass is 79.9. The van der Waals surface area contributed by atoms with Crippen molar-refractivity contribution < 1.29 is 30.9 Å². The molecule has 0 saturated carbocycles. The van der Waals surface area contributed by atoms with Crippen LogP contribution in [-0.2, 0) is 9.47 Å². The average molecular weight is 401 g/mol. The highest BCUT2D eigenvalue weighted by Crippen LogP contribution is 2.06. The van der Waals surface area contributed by atoms with E-state index in [1.807, 2.05) is 0 Å². The van der Waals surface area contributed by atoms with E-state index in [1.54, 1.807) is 12.2 Å². The molecular formula is C14H27Br2NO2. The van der Waals surface area contributed by atoms with Gasteiger partial charge in [0.1, 0.15) is 13.1 Å². The number of halogens is 2. The van der Waals surface area contributed by atoms with Crippen molar-refractivity contribution in [2.24, 2.45) is 0 Å². The van der Waals surface area contributed by atoms with Gasteiger partial charge >= 0.3 is 0 Å². The number of alkyl halides is 1. The van der Waals surface area contributed by atoms with Gasteiger partial charge in [0.2, 0.25) is 0 Å². The maximum atomic E-state index is 5.48. The van der Waals surface area contributed by atoms with Gasteiger partial charge in [0, 0.05) is 11.8 Å². The smallest absolute Gasteiger partial charge is 0.102 e. The number of ether oxygens (including phenoxy) is 2. The SMILES string of the molecule is C=CCOCC[N+](C)(CCCBr)CCOCC=C.[Br-]. The number of rotatable bonds is 13. The highest BCUT2D eigenvalue weighted by molar-refractivity contribution is 9.09. The standard InChI is InChI=1S/C14H27BrNO2.BrH/c1-4-11-17-13-9-16(3,8-6-7-15)10-14-18-12-5-2;/h4-5H,1-2,6-14H2,3H3;1H/q+1;/p-1. The van der Waals surface area contributed by atoms with E-state index in [-0.39, 0.29) is 17.0 Å². The summed E-state index contributed by atoms with van der Waals surface area (Å²) in [5.41, 5.74) is 0. The molecule has 0 fully saturated rings. The molecule has 0 amide bonds. The second-order valence-electron chi connectivity index (χ2n) is 4.56. The van der Waals surface area contributed by atoms with E-state index in [0.29, 0.717) is 13.2 Å². The summed E-state index contributed by atoms with van der Waals surface area (Å²) in [6, 6.07) is 0. The molecule has 19 heavy (non-hydrogen) atoms. The molecule has 0 aliphatic rings. The highest BCUT2D eigenvalue weighted by Gasteiger charge is 2.20. The number of likely N-dealkylation sites (N-methyl/N-ethyl adjacent to an activating group) is 1. The van der Waals surface area contributed by atoms with Gasteiger partial charge in [0.05, 0.1) is 40.0 Å². The van der Waals surface area contributed by atoms with E-state index in [1.165, 1.54) is 6.42 Å². The zero-order chi connectivity index (χ0) is 13.7. The van der Waals surface area contributed by atoms with Crippen LogP contribution in [0, 0.1) is 0 Å². The van der Waals surface area contributed by atoms with Gasteiger partial charge in [0.25, 0.3) is 0 Å². The molecule has 0 aromatic rings. The van der Waals surface area contributed by atoms with Gasteiger partial charge in [-0.05, 0) is 0 Å². The molecule has 0 atom stereocenters. The van der Waals surface area contributed by atoms with Crippen molar-refractivity contribution in [3.05, 3.63) is 25.3 Å². The van der Waals surface area contributed by atoms with Gasteiger partial charge in [-0.2, -0.15) is 0 Å². The van der Waals surface area contributed by atoms with Crippen LogP contribution >= 0.6 is 15.9 Å². The van der Waals surface area contributed by atoms with Crippen LogP contribution in [-0.4, -0.2) is 62.9 Å². The van der Waals surface area contributed by atoms with Crippen molar-refractivity contribution in [1.29, 1.82) is 0 Å². The summed E-state index contributed by atoms with van der Waals surface area (Å²) in [5, 5.41) is 1.04. The average Bonchev–Trinajstić information content (AvgIpc) is 2.38. The van der Waals surface area contributed by atoms with Gasteiger partial charge in [-0.15, -0.1) is 13.2 Å². The molecule has 0 unspecified atom stereocenters. The minimum atomic E-state index is 0. The van der Waals surface area contributed by atoms with E-state index in [9.17, 15) is 0 Å². The van der Waals surface area contributed by atoms with E-state index in [2.05, 4.69) is 36.1 Å². The summed E-state index contributed by atoms with van der Waals surface area (Å²) in [5.74, 6) is 0. The summed E-state index contributed by atoms with van der Waals surface area (Å²) in [6.45, 7) is 13.3. The first kappa shape index (κ1) is 21.6. The van der Waals surface area contributed by atoms with Crippen molar-refractivity contribution in [3.8, 4) is 0 Å². The zero-order valence-corrected chi connectivity index (χ0v) is 15.1. The molecule has 0 N–H and O–H groups in total. The molecular weight excluding hydrogens is 374 g/mol. The van der Waals surface area contributed by atoms with Crippen LogP contribution in [0.4, 0.5) is 0 Å². The fourth-order valence-corrected chi connectivity index (χ4v) is 1.93. The summed E-state index contributed by atoms with van der Waals surface area (Å²) in [4.78, 5) is 0. The number of quaternary nitrogens is 1. The largest absolute Gasteiger partial charge is 1.00 e. The van der Waals surface area contributed by atoms with Crippen LogP contribution in [0.5, 0.6) is 0 Å². The number of hydrogen-bond acceptors (Lipinski definition) is 2. The molecule has 0 spiro atoms. The van der Waals surface area contributed by atoms with Crippen molar-refractivity contribution in [2.75, 3.05) is 58.4 Å². The van der Waals surface area contributed by atoms with E-state index in [0.717, 1.165) is 42.7 Å². The van der Waals surface area contributed by atoms with Gasteiger partial charge in [-0.3, -0.25) is 0 Å². The Hall–Kier alpha value is 0.320. The third kappa shape index (κ3) is 13.1. The maximum Gasteiger partial charge on any atom is 0.102 e. The molecule has 114 valence electrons. The fourth-order valence-electron chi connectivity index (χ4n) is 1.68. The van der Waals surface area contributed by atoms with Gasteiger partial charge in [-0.25, -0.2) is 0 Å². The van der Waals surface area contributed by atoms with Crippen molar-refractivity contribution >= 4 is 15.9 Å². The monoisotopic (exact) mass is 399 g/mol. The van der Waals surface area contributed by atoms with E-state index < -0.39 is 0 Å². The second-order valence-corrected chi connectivity index (χ2v) is 5.35.